The number of fused-ring (bicyclic) bond motifs is 1. The Morgan fingerprint density at radius 1 is 1.00 bits per heavy atom. The average molecular weight is 451 g/mol. The van der Waals surface area contributed by atoms with E-state index < -0.39 is 0 Å². The molecule has 32 heavy (non-hydrogen) atoms. The quantitative estimate of drug-likeness (QED) is 0.583. The van der Waals surface area contributed by atoms with Crippen molar-refractivity contribution >= 4 is 40.1 Å². The molecule has 1 aromatic heterocycles. The normalized spacial score (nSPS) is 19.5. The largest absolute Gasteiger partial charge is 0.341 e. The minimum absolute atomic E-state index is 0.0283. The second kappa shape index (κ2) is 8.94. The van der Waals surface area contributed by atoms with E-state index in [4.69, 9.17) is 16.6 Å². The standard InChI is InChI=1S/C25H27ClN4O2/c26-19-9-3-5-11-21(19)29-16-18(15-23(29)31)25-27-20-10-4-6-12-22(20)30(25)17-24(32)28-13-7-1-2-8-14-28/h3-6,9-12,18H,1-2,7-8,13-17H2. The van der Waals surface area contributed by atoms with Crippen LogP contribution in [0.1, 0.15) is 43.8 Å². The Kier molecular flexibility index (Phi) is 5.87. The van der Waals surface area contributed by atoms with Crippen molar-refractivity contribution in [2.45, 2.75) is 44.6 Å². The number of rotatable bonds is 4. The topological polar surface area (TPSA) is 58.4 Å². The van der Waals surface area contributed by atoms with Crippen LogP contribution in [0.5, 0.6) is 0 Å². The van der Waals surface area contributed by atoms with Crippen LogP contribution in [0.2, 0.25) is 5.02 Å². The Balaban J connectivity index is 1.46. The molecule has 0 aliphatic carbocycles. The number of carbonyl (C=O) groups excluding carboxylic acids is 2. The van der Waals surface area contributed by atoms with Crippen molar-refractivity contribution in [3.05, 3.63) is 59.4 Å². The summed E-state index contributed by atoms with van der Waals surface area (Å²) in [6.45, 7) is 2.41. The molecule has 3 heterocycles. The van der Waals surface area contributed by atoms with Crippen molar-refractivity contribution in [1.29, 1.82) is 0 Å². The molecule has 0 radical (unpaired) electrons. The highest BCUT2D eigenvalue weighted by Gasteiger charge is 2.36. The SMILES string of the molecule is O=C(Cn1c(C2CC(=O)N(c3ccccc3Cl)C2)nc2ccccc21)N1CCCCCC1. The number of hydrogen-bond acceptors (Lipinski definition) is 3. The molecule has 0 bridgehead atoms. The van der Waals surface area contributed by atoms with Crippen molar-refractivity contribution in [1.82, 2.24) is 14.5 Å². The van der Waals surface area contributed by atoms with E-state index in [9.17, 15) is 9.59 Å². The van der Waals surface area contributed by atoms with Gasteiger partial charge in [0.25, 0.3) is 0 Å². The van der Waals surface area contributed by atoms with Gasteiger partial charge in [-0.1, -0.05) is 48.7 Å². The lowest BCUT2D eigenvalue weighted by molar-refractivity contribution is -0.131. The monoisotopic (exact) mass is 450 g/mol. The van der Waals surface area contributed by atoms with Gasteiger partial charge in [0.05, 0.1) is 21.7 Å². The van der Waals surface area contributed by atoms with Crippen molar-refractivity contribution < 1.29 is 9.59 Å². The van der Waals surface area contributed by atoms with Gasteiger partial charge in [0.1, 0.15) is 12.4 Å². The Morgan fingerprint density at radius 2 is 1.72 bits per heavy atom. The maximum atomic E-state index is 13.2. The molecule has 1 atom stereocenters. The maximum Gasteiger partial charge on any atom is 0.242 e. The third kappa shape index (κ3) is 3.99. The highest BCUT2D eigenvalue weighted by atomic mass is 35.5. The highest BCUT2D eigenvalue weighted by Crippen LogP contribution is 2.36. The molecular weight excluding hydrogens is 424 g/mol. The van der Waals surface area contributed by atoms with Gasteiger partial charge < -0.3 is 14.4 Å². The predicted octanol–water partition coefficient (Wildman–Crippen LogP) is 4.61. The Labute approximate surface area is 192 Å². The molecule has 2 saturated heterocycles. The Bertz CT molecular complexity index is 1150. The van der Waals surface area contributed by atoms with Crippen molar-refractivity contribution in [2.24, 2.45) is 0 Å². The molecule has 166 valence electrons. The lowest BCUT2D eigenvalue weighted by atomic mass is 10.1. The first-order chi connectivity index (χ1) is 15.6. The lowest BCUT2D eigenvalue weighted by Crippen LogP contribution is -2.35. The van der Waals surface area contributed by atoms with Crippen LogP contribution in [0.15, 0.2) is 48.5 Å². The van der Waals surface area contributed by atoms with Gasteiger partial charge in [0, 0.05) is 32.0 Å². The summed E-state index contributed by atoms with van der Waals surface area (Å²) in [6.07, 6.45) is 4.85. The molecule has 3 aromatic rings. The molecule has 2 aromatic carbocycles. The number of benzene rings is 2. The Hall–Kier alpha value is -2.86. The molecule has 6 nitrogen and oxygen atoms in total. The van der Waals surface area contributed by atoms with Crippen molar-refractivity contribution in [2.75, 3.05) is 24.5 Å². The summed E-state index contributed by atoms with van der Waals surface area (Å²) in [4.78, 5) is 34.7. The van der Waals surface area contributed by atoms with E-state index in [1.165, 1.54) is 12.8 Å². The van der Waals surface area contributed by atoms with Gasteiger partial charge in [-0.3, -0.25) is 9.59 Å². The average Bonchev–Trinajstić information content (AvgIpc) is 3.22. The number of imidazole rings is 1. The number of carbonyl (C=O) groups is 2. The van der Waals surface area contributed by atoms with E-state index in [0.717, 1.165) is 48.5 Å². The smallest absolute Gasteiger partial charge is 0.242 e. The summed E-state index contributed by atoms with van der Waals surface area (Å²) < 4.78 is 2.02. The molecule has 7 heteroatoms. The van der Waals surface area contributed by atoms with E-state index in [2.05, 4.69) is 0 Å². The van der Waals surface area contributed by atoms with E-state index in [1.807, 2.05) is 51.9 Å². The van der Waals surface area contributed by atoms with Crippen LogP contribution in [0.25, 0.3) is 11.0 Å². The second-order valence-corrected chi connectivity index (χ2v) is 9.10. The minimum atomic E-state index is -0.0943. The van der Waals surface area contributed by atoms with Gasteiger partial charge in [0.15, 0.2) is 0 Å². The minimum Gasteiger partial charge on any atom is -0.341 e. The first-order valence-corrected chi connectivity index (χ1v) is 11.8. The van der Waals surface area contributed by atoms with E-state index in [1.54, 1.807) is 11.0 Å². The molecule has 2 amide bonds. The zero-order valence-electron chi connectivity index (χ0n) is 18.0. The number of aromatic nitrogens is 2. The number of halogens is 1. The zero-order chi connectivity index (χ0) is 22.1. The molecule has 1 unspecified atom stereocenters. The summed E-state index contributed by atoms with van der Waals surface area (Å²) >= 11 is 6.36. The molecule has 0 saturated carbocycles. The van der Waals surface area contributed by atoms with Gasteiger partial charge in [-0.2, -0.15) is 0 Å². The molecular formula is C25H27ClN4O2. The molecule has 5 rings (SSSR count). The molecule has 2 aliphatic rings. The van der Waals surface area contributed by atoms with E-state index >= 15 is 0 Å². The number of hydrogen-bond donors (Lipinski definition) is 0. The van der Waals surface area contributed by atoms with Crippen molar-refractivity contribution in [3.63, 3.8) is 0 Å². The Morgan fingerprint density at radius 3 is 2.50 bits per heavy atom. The zero-order valence-corrected chi connectivity index (χ0v) is 18.8. The van der Waals surface area contributed by atoms with Crippen LogP contribution in [0.4, 0.5) is 5.69 Å². The molecule has 0 N–H and O–H groups in total. The van der Waals surface area contributed by atoms with Crippen LogP contribution >= 0.6 is 11.6 Å². The van der Waals surface area contributed by atoms with Gasteiger partial charge in [-0.25, -0.2) is 4.98 Å². The van der Waals surface area contributed by atoms with Gasteiger partial charge >= 0.3 is 0 Å². The van der Waals surface area contributed by atoms with Crippen molar-refractivity contribution in [3.8, 4) is 0 Å². The van der Waals surface area contributed by atoms with E-state index in [0.29, 0.717) is 18.0 Å². The molecule has 0 spiro atoms. The summed E-state index contributed by atoms with van der Waals surface area (Å²) in [5, 5.41) is 0.561. The fourth-order valence-corrected chi connectivity index (χ4v) is 5.15. The lowest BCUT2D eigenvalue weighted by Gasteiger charge is -2.22. The maximum absolute atomic E-state index is 13.2. The fraction of sp³-hybridized carbons (Fsp3) is 0.400. The summed E-state index contributed by atoms with van der Waals surface area (Å²) in [6, 6.07) is 15.3. The molecule has 2 aliphatic heterocycles. The molecule has 2 fully saturated rings. The van der Waals surface area contributed by atoms with Gasteiger partial charge in [-0.05, 0) is 37.1 Å². The van der Waals surface area contributed by atoms with E-state index in [-0.39, 0.29) is 24.3 Å². The summed E-state index contributed by atoms with van der Waals surface area (Å²) in [5.74, 6) is 0.865. The highest BCUT2D eigenvalue weighted by molar-refractivity contribution is 6.33. The number of amides is 2. The predicted molar refractivity (Wildman–Crippen MR) is 126 cm³/mol. The van der Waals surface area contributed by atoms with Gasteiger partial charge in [-0.15, -0.1) is 0 Å². The first-order valence-electron chi connectivity index (χ1n) is 11.4. The third-order valence-electron chi connectivity index (χ3n) is 6.57. The second-order valence-electron chi connectivity index (χ2n) is 8.70. The first kappa shape index (κ1) is 21.0. The number of para-hydroxylation sites is 3. The van der Waals surface area contributed by atoms with Crippen LogP contribution in [0, 0.1) is 0 Å². The van der Waals surface area contributed by atoms with Crippen LogP contribution in [0.3, 0.4) is 0 Å². The van der Waals surface area contributed by atoms with Crippen LogP contribution in [-0.2, 0) is 16.1 Å². The number of nitrogens with zero attached hydrogens (tertiary/aromatic N) is 4. The summed E-state index contributed by atoms with van der Waals surface area (Å²) in [5.41, 5.74) is 2.52. The fourth-order valence-electron chi connectivity index (χ4n) is 4.91. The number of likely N-dealkylation sites (tertiary alicyclic amines) is 1. The van der Waals surface area contributed by atoms with Crippen LogP contribution < -0.4 is 4.90 Å². The number of anilines is 1. The summed E-state index contributed by atoms with van der Waals surface area (Å²) in [7, 11) is 0. The van der Waals surface area contributed by atoms with Crippen LogP contribution in [-0.4, -0.2) is 45.9 Å². The third-order valence-corrected chi connectivity index (χ3v) is 6.89. The van der Waals surface area contributed by atoms with Gasteiger partial charge in [0.2, 0.25) is 11.8 Å².